The number of carbonyl (C=O) groups is 1. The van der Waals surface area contributed by atoms with Gasteiger partial charge in [0.05, 0.1) is 6.04 Å². The number of halogens is 1. The first-order valence-electron chi connectivity index (χ1n) is 2.86. The topological polar surface area (TPSA) is 40.5 Å². The number of likely N-dealkylation sites (tertiary alicyclic amines) is 1. The van der Waals surface area contributed by atoms with Gasteiger partial charge < -0.3 is 5.11 Å². The molecule has 0 spiro atoms. The number of hydrogen-bond acceptors (Lipinski definition) is 1. The predicted octanol–water partition coefficient (Wildman–Crippen LogP) is 1.09. The summed E-state index contributed by atoms with van der Waals surface area (Å²) in [6.07, 6.45) is -0.0308. The minimum Gasteiger partial charge on any atom is -0.465 e. The first-order valence-corrected chi connectivity index (χ1v) is 3.65. The molecule has 4 heteroatoms. The molecule has 1 heterocycles. The maximum atomic E-state index is 10.3. The largest absolute Gasteiger partial charge is 0.465 e. The zero-order valence-corrected chi connectivity index (χ0v) is 6.76. The molecule has 0 unspecified atom stereocenters. The van der Waals surface area contributed by atoms with Crippen LogP contribution in [0, 0.1) is 10.8 Å². The van der Waals surface area contributed by atoms with E-state index in [1.54, 1.807) is 0 Å². The Kier molecular flexibility index (Phi) is 2.17. The fourth-order valence-electron chi connectivity index (χ4n) is 0.829. The third-order valence-corrected chi connectivity index (χ3v) is 1.72. The molecule has 10 heavy (non-hydrogen) atoms. The van der Waals surface area contributed by atoms with Crippen molar-refractivity contribution in [2.75, 3.05) is 6.54 Å². The van der Waals surface area contributed by atoms with E-state index in [-0.39, 0.29) is 6.04 Å². The number of carboxylic acid groups (broad SMARTS) is 1. The minimum absolute atomic E-state index is 0.0862. The highest BCUT2D eigenvalue weighted by atomic mass is 79.9. The molecule has 0 aromatic carbocycles. The lowest BCUT2D eigenvalue weighted by Gasteiger charge is -2.34. The van der Waals surface area contributed by atoms with Crippen LogP contribution in [0.3, 0.4) is 0 Å². The Morgan fingerprint density at radius 1 is 1.80 bits per heavy atom. The molecule has 54 valence electrons. The number of hydrogen-bond donors (Lipinski definition) is 1. The van der Waals surface area contributed by atoms with Crippen molar-refractivity contribution in [1.82, 2.24) is 4.90 Å². The Balaban J connectivity index is 2.48. The minimum atomic E-state index is -0.883. The molecule has 0 aromatic rings. The van der Waals surface area contributed by atoms with Gasteiger partial charge in [-0.3, -0.25) is 4.90 Å². The van der Waals surface area contributed by atoms with Crippen LogP contribution in [0.1, 0.15) is 6.42 Å². The van der Waals surface area contributed by atoms with Crippen LogP contribution in [0.15, 0.2) is 0 Å². The first-order chi connectivity index (χ1) is 4.75. The summed E-state index contributed by atoms with van der Waals surface area (Å²) in [7, 11) is 0. The predicted molar refractivity (Wildman–Crippen MR) is 39.8 cm³/mol. The van der Waals surface area contributed by atoms with E-state index >= 15 is 0 Å². The van der Waals surface area contributed by atoms with Crippen molar-refractivity contribution in [3.63, 3.8) is 0 Å². The second-order valence-electron chi connectivity index (χ2n) is 2.02. The zero-order chi connectivity index (χ0) is 7.56. The molecule has 1 fully saturated rings. The second-order valence-corrected chi connectivity index (χ2v) is 2.42. The molecular formula is C6H6BrNO2. The third kappa shape index (κ3) is 1.24. The van der Waals surface area contributed by atoms with Crippen LogP contribution in [0.2, 0.25) is 0 Å². The summed E-state index contributed by atoms with van der Waals surface area (Å²) in [6.45, 7) is 0.613. The monoisotopic (exact) mass is 203 g/mol. The van der Waals surface area contributed by atoms with Crippen LogP contribution >= 0.6 is 15.9 Å². The molecule has 1 amide bonds. The van der Waals surface area contributed by atoms with E-state index < -0.39 is 6.09 Å². The molecular weight excluding hydrogens is 198 g/mol. The van der Waals surface area contributed by atoms with Crippen LogP contribution in [0.25, 0.3) is 0 Å². The Labute approximate surface area is 67.1 Å². The second kappa shape index (κ2) is 2.93. The van der Waals surface area contributed by atoms with E-state index in [4.69, 9.17) is 5.11 Å². The molecule has 1 rings (SSSR count). The van der Waals surface area contributed by atoms with E-state index in [0.717, 1.165) is 6.42 Å². The molecule has 0 aliphatic carbocycles. The zero-order valence-electron chi connectivity index (χ0n) is 5.17. The summed E-state index contributed by atoms with van der Waals surface area (Å²) in [5, 5.41) is 8.47. The van der Waals surface area contributed by atoms with E-state index in [2.05, 4.69) is 26.7 Å². The summed E-state index contributed by atoms with van der Waals surface area (Å²) in [5.41, 5.74) is 0. The van der Waals surface area contributed by atoms with Gasteiger partial charge in [0, 0.05) is 22.5 Å². The van der Waals surface area contributed by atoms with E-state index in [1.807, 2.05) is 0 Å². The van der Waals surface area contributed by atoms with Crippen LogP contribution in [0.4, 0.5) is 4.79 Å². The van der Waals surface area contributed by atoms with Gasteiger partial charge >= 0.3 is 6.09 Å². The molecule has 1 atom stereocenters. The molecule has 1 N–H and O–H groups in total. The molecule has 3 nitrogen and oxygen atoms in total. The van der Waals surface area contributed by atoms with Crippen LogP contribution in [-0.4, -0.2) is 28.7 Å². The van der Waals surface area contributed by atoms with Gasteiger partial charge in [-0.25, -0.2) is 4.79 Å². The average molecular weight is 204 g/mol. The quantitative estimate of drug-likeness (QED) is 0.600. The van der Waals surface area contributed by atoms with Crippen molar-refractivity contribution in [1.29, 1.82) is 0 Å². The van der Waals surface area contributed by atoms with E-state index in [9.17, 15) is 4.79 Å². The Morgan fingerprint density at radius 2 is 2.50 bits per heavy atom. The lowest BCUT2D eigenvalue weighted by molar-refractivity contribution is 0.0974. The summed E-state index contributed by atoms with van der Waals surface area (Å²) in [4.78, 5) is 14.1. The van der Waals surface area contributed by atoms with E-state index in [0.29, 0.717) is 6.54 Å². The number of amides is 1. The van der Waals surface area contributed by atoms with Gasteiger partial charge in [-0.05, 0) is 11.3 Å². The van der Waals surface area contributed by atoms with Gasteiger partial charge in [-0.2, -0.15) is 0 Å². The normalized spacial score (nSPS) is 22.5. The smallest absolute Gasteiger partial charge is 0.408 e. The molecule has 0 saturated carbocycles. The van der Waals surface area contributed by atoms with Crippen LogP contribution < -0.4 is 0 Å². The molecule has 1 aliphatic heterocycles. The number of rotatable bonds is 0. The van der Waals surface area contributed by atoms with Crippen molar-refractivity contribution in [2.45, 2.75) is 12.5 Å². The van der Waals surface area contributed by atoms with Gasteiger partial charge in [0.2, 0.25) is 0 Å². The standard InChI is InChI=1S/C6H6BrNO2/c7-3-1-5-2-4-8(5)6(9)10/h5H,2,4H2,(H,9,10)/t5-/m1/s1. The maximum Gasteiger partial charge on any atom is 0.408 e. The van der Waals surface area contributed by atoms with Crippen molar-refractivity contribution in [3.8, 4) is 10.8 Å². The van der Waals surface area contributed by atoms with Crippen molar-refractivity contribution >= 4 is 22.0 Å². The fourth-order valence-corrected chi connectivity index (χ4v) is 1.09. The highest BCUT2D eigenvalue weighted by molar-refractivity contribution is 9.12. The maximum absolute atomic E-state index is 10.3. The molecule has 0 radical (unpaired) electrons. The SMILES string of the molecule is O=C(O)N1CC[C@H]1C#CBr. The van der Waals surface area contributed by atoms with Gasteiger partial charge in [0.25, 0.3) is 0 Å². The van der Waals surface area contributed by atoms with Crippen LogP contribution in [0.5, 0.6) is 0 Å². The van der Waals surface area contributed by atoms with Gasteiger partial charge in [-0.1, -0.05) is 5.92 Å². The third-order valence-electron chi connectivity index (χ3n) is 1.49. The Hall–Kier alpha value is -0.690. The van der Waals surface area contributed by atoms with Crippen LogP contribution in [-0.2, 0) is 0 Å². The molecule has 1 aliphatic rings. The van der Waals surface area contributed by atoms with Gasteiger partial charge in [0.15, 0.2) is 0 Å². The van der Waals surface area contributed by atoms with Gasteiger partial charge in [-0.15, -0.1) is 0 Å². The van der Waals surface area contributed by atoms with Crippen molar-refractivity contribution < 1.29 is 9.90 Å². The highest BCUT2D eigenvalue weighted by Gasteiger charge is 2.30. The Morgan fingerprint density at radius 3 is 2.80 bits per heavy atom. The van der Waals surface area contributed by atoms with Crippen molar-refractivity contribution in [3.05, 3.63) is 0 Å². The fraction of sp³-hybridized carbons (Fsp3) is 0.500. The molecule has 0 bridgehead atoms. The summed E-state index contributed by atoms with van der Waals surface area (Å²) in [6, 6.07) is -0.0862. The summed E-state index contributed by atoms with van der Waals surface area (Å²) < 4.78 is 0. The molecule has 1 saturated heterocycles. The average Bonchev–Trinajstić information content (AvgIpc) is 1.78. The number of nitrogens with zero attached hydrogens (tertiary/aromatic N) is 1. The summed E-state index contributed by atoms with van der Waals surface area (Å²) >= 11 is 2.92. The first kappa shape index (κ1) is 7.42. The summed E-state index contributed by atoms with van der Waals surface area (Å²) in [5.74, 6) is 2.73. The lowest BCUT2D eigenvalue weighted by atomic mass is 10.1. The lowest BCUT2D eigenvalue weighted by Crippen LogP contribution is -2.49. The Bertz CT molecular complexity index is 206. The van der Waals surface area contributed by atoms with E-state index in [1.165, 1.54) is 4.90 Å². The highest BCUT2D eigenvalue weighted by Crippen LogP contribution is 2.15. The van der Waals surface area contributed by atoms with Gasteiger partial charge in [0.1, 0.15) is 0 Å². The van der Waals surface area contributed by atoms with Crippen molar-refractivity contribution in [2.24, 2.45) is 0 Å². The molecule has 0 aromatic heterocycles.